The second-order valence-electron chi connectivity index (χ2n) is 2.60. The number of rotatable bonds is 4. The van der Waals surface area contributed by atoms with Crippen molar-refractivity contribution < 1.29 is 5.11 Å². The van der Waals surface area contributed by atoms with Gasteiger partial charge >= 0.3 is 0 Å². The van der Waals surface area contributed by atoms with Gasteiger partial charge in [-0.1, -0.05) is 25.8 Å². The van der Waals surface area contributed by atoms with Crippen LogP contribution in [0.25, 0.3) is 0 Å². The van der Waals surface area contributed by atoms with E-state index in [1.807, 2.05) is 0 Å². The average molecular weight is 164 g/mol. The van der Waals surface area contributed by atoms with Crippen molar-refractivity contribution in [2.24, 2.45) is 0 Å². The minimum Gasteiger partial charge on any atom is -0.376 e. The lowest BCUT2D eigenvalue weighted by molar-refractivity contribution is 0.263. The van der Waals surface area contributed by atoms with Crippen LogP contribution in [0.15, 0.2) is 17.9 Å². The zero-order chi connectivity index (χ0) is 9.40. The Morgan fingerprint density at radius 1 is 1.58 bits per heavy atom. The third-order valence-corrected chi connectivity index (χ3v) is 1.64. The molecule has 0 aromatic rings. The SMILES string of the molecule is C=C=C(CCCC)[C@@H](O)C#CC. The molecule has 66 valence electrons. The zero-order valence-electron chi connectivity index (χ0n) is 7.85. The second-order valence-corrected chi connectivity index (χ2v) is 2.60. The van der Waals surface area contributed by atoms with Gasteiger partial charge in [0.2, 0.25) is 0 Å². The number of hydrogen-bond donors (Lipinski definition) is 1. The molecule has 0 bridgehead atoms. The van der Waals surface area contributed by atoms with Crippen molar-refractivity contribution in [3.05, 3.63) is 17.9 Å². The lowest BCUT2D eigenvalue weighted by atomic mass is 10.0. The molecule has 1 N–H and O–H groups in total. The first-order valence-electron chi connectivity index (χ1n) is 4.25. The largest absolute Gasteiger partial charge is 0.376 e. The van der Waals surface area contributed by atoms with E-state index in [9.17, 15) is 5.11 Å². The Morgan fingerprint density at radius 2 is 2.25 bits per heavy atom. The van der Waals surface area contributed by atoms with Gasteiger partial charge in [0.15, 0.2) is 0 Å². The van der Waals surface area contributed by atoms with Crippen LogP contribution >= 0.6 is 0 Å². The monoisotopic (exact) mass is 164 g/mol. The summed E-state index contributed by atoms with van der Waals surface area (Å²) in [5.41, 5.74) is 3.55. The summed E-state index contributed by atoms with van der Waals surface area (Å²) in [7, 11) is 0. The van der Waals surface area contributed by atoms with Crippen LogP contribution in [0.2, 0.25) is 0 Å². The van der Waals surface area contributed by atoms with Gasteiger partial charge in [0.25, 0.3) is 0 Å². The van der Waals surface area contributed by atoms with Crippen LogP contribution in [0.4, 0.5) is 0 Å². The summed E-state index contributed by atoms with van der Waals surface area (Å²) >= 11 is 0. The van der Waals surface area contributed by atoms with E-state index in [1.54, 1.807) is 6.92 Å². The van der Waals surface area contributed by atoms with Crippen LogP contribution in [0.5, 0.6) is 0 Å². The zero-order valence-corrected chi connectivity index (χ0v) is 7.85. The van der Waals surface area contributed by atoms with Gasteiger partial charge in [-0.15, -0.1) is 11.7 Å². The van der Waals surface area contributed by atoms with Crippen LogP contribution in [-0.4, -0.2) is 11.2 Å². The molecule has 0 aliphatic rings. The van der Waals surface area contributed by atoms with Gasteiger partial charge in [-0.3, -0.25) is 0 Å². The Kier molecular flexibility index (Phi) is 6.19. The summed E-state index contributed by atoms with van der Waals surface area (Å²) in [6, 6.07) is 0. The van der Waals surface area contributed by atoms with Gasteiger partial charge in [0.1, 0.15) is 6.10 Å². The van der Waals surface area contributed by atoms with E-state index in [0.717, 1.165) is 24.8 Å². The van der Waals surface area contributed by atoms with E-state index >= 15 is 0 Å². The first-order valence-corrected chi connectivity index (χ1v) is 4.25. The van der Waals surface area contributed by atoms with Gasteiger partial charge in [0, 0.05) is 5.57 Å². The summed E-state index contributed by atoms with van der Waals surface area (Å²) in [6.45, 7) is 7.35. The molecule has 12 heavy (non-hydrogen) atoms. The van der Waals surface area contributed by atoms with Crippen molar-refractivity contribution in [3.63, 3.8) is 0 Å². The summed E-state index contributed by atoms with van der Waals surface area (Å²) in [5.74, 6) is 5.34. The topological polar surface area (TPSA) is 20.2 Å². The van der Waals surface area contributed by atoms with Crippen molar-refractivity contribution in [2.75, 3.05) is 0 Å². The minimum absolute atomic E-state index is 0.668. The average Bonchev–Trinajstić information content (AvgIpc) is 2.06. The molecule has 0 fully saturated rings. The molecule has 1 atom stereocenters. The third kappa shape index (κ3) is 4.03. The van der Waals surface area contributed by atoms with E-state index in [4.69, 9.17) is 0 Å². The molecule has 0 radical (unpaired) electrons. The van der Waals surface area contributed by atoms with E-state index in [2.05, 4.69) is 31.1 Å². The molecule has 0 saturated heterocycles. The first kappa shape index (κ1) is 11.0. The van der Waals surface area contributed by atoms with Crippen molar-refractivity contribution in [1.82, 2.24) is 0 Å². The summed E-state index contributed by atoms with van der Waals surface area (Å²) < 4.78 is 0. The Hall–Kier alpha value is -0.960. The van der Waals surface area contributed by atoms with Crippen LogP contribution < -0.4 is 0 Å². The Balaban J connectivity index is 4.14. The molecule has 0 aromatic carbocycles. The van der Waals surface area contributed by atoms with Crippen molar-refractivity contribution >= 4 is 0 Å². The van der Waals surface area contributed by atoms with Gasteiger partial charge in [-0.2, -0.15) is 0 Å². The predicted octanol–water partition coefficient (Wildman–Crippen LogP) is 2.27. The molecular weight excluding hydrogens is 148 g/mol. The highest BCUT2D eigenvalue weighted by Crippen LogP contribution is 2.09. The lowest BCUT2D eigenvalue weighted by Gasteiger charge is -2.05. The summed E-state index contributed by atoms with van der Waals surface area (Å²) in [5, 5.41) is 9.42. The fourth-order valence-electron chi connectivity index (χ4n) is 0.913. The highest BCUT2D eigenvalue weighted by molar-refractivity contribution is 5.19. The van der Waals surface area contributed by atoms with E-state index in [1.165, 1.54) is 0 Å². The third-order valence-electron chi connectivity index (χ3n) is 1.64. The molecule has 0 aromatic heterocycles. The number of hydrogen-bond acceptors (Lipinski definition) is 1. The lowest BCUT2D eigenvalue weighted by Crippen LogP contribution is -2.06. The van der Waals surface area contributed by atoms with Crippen molar-refractivity contribution in [1.29, 1.82) is 0 Å². The Morgan fingerprint density at radius 3 is 2.67 bits per heavy atom. The first-order chi connectivity index (χ1) is 5.76. The smallest absolute Gasteiger partial charge is 0.143 e. The Labute approximate surface area is 74.8 Å². The Bertz CT molecular complexity index is 223. The van der Waals surface area contributed by atoms with Crippen LogP contribution in [0, 0.1) is 11.8 Å². The molecule has 0 heterocycles. The van der Waals surface area contributed by atoms with E-state index in [0.29, 0.717) is 0 Å². The normalized spacial score (nSPS) is 10.9. The highest BCUT2D eigenvalue weighted by atomic mass is 16.3. The number of unbranched alkanes of at least 4 members (excludes halogenated alkanes) is 1. The minimum atomic E-state index is -0.668. The molecule has 0 aliphatic heterocycles. The van der Waals surface area contributed by atoms with Crippen molar-refractivity contribution in [2.45, 2.75) is 39.2 Å². The van der Waals surface area contributed by atoms with Gasteiger partial charge in [-0.05, 0) is 19.8 Å². The van der Waals surface area contributed by atoms with Crippen molar-refractivity contribution in [3.8, 4) is 11.8 Å². The van der Waals surface area contributed by atoms with Gasteiger partial charge < -0.3 is 5.11 Å². The summed E-state index contributed by atoms with van der Waals surface area (Å²) in [6.07, 6.45) is 2.34. The molecule has 0 saturated carbocycles. The van der Waals surface area contributed by atoms with E-state index in [-0.39, 0.29) is 0 Å². The molecule has 0 rings (SSSR count). The molecule has 0 unspecified atom stereocenters. The maximum absolute atomic E-state index is 9.42. The number of aliphatic hydroxyl groups is 1. The molecule has 0 aliphatic carbocycles. The second kappa shape index (κ2) is 6.73. The molecule has 0 amide bonds. The van der Waals surface area contributed by atoms with Crippen LogP contribution in [0.1, 0.15) is 33.1 Å². The molecule has 0 spiro atoms. The molecular formula is C11H16O. The fraction of sp³-hybridized carbons (Fsp3) is 0.545. The molecule has 1 nitrogen and oxygen atoms in total. The summed E-state index contributed by atoms with van der Waals surface area (Å²) in [4.78, 5) is 0. The molecule has 1 heteroatoms. The van der Waals surface area contributed by atoms with Crippen LogP contribution in [0.3, 0.4) is 0 Å². The standard InChI is InChI=1S/C11H16O/c1-4-7-9-10(6-3)11(12)8-5-2/h11-12H,3-4,7,9H2,1-2H3/t11-/m0/s1. The predicted molar refractivity (Wildman–Crippen MR) is 51.6 cm³/mol. The number of aliphatic hydroxyl groups excluding tert-OH is 1. The van der Waals surface area contributed by atoms with Crippen LogP contribution in [-0.2, 0) is 0 Å². The fourth-order valence-corrected chi connectivity index (χ4v) is 0.913. The van der Waals surface area contributed by atoms with Gasteiger partial charge in [-0.25, -0.2) is 0 Å². The maximum atomic E-state index is 9.42. The van der Waals surface area contributed by atoms with Gasteiger partial charge in [0.05, 0.1) is 0 Å². The highest BCUT2D eigenvalue weighted by Gasteiger charge is 2.04. The van der Waals surface area contributed by atoms with E-state index < -0.39 is 6.10 Å². The quantitative estimate of drug-likeness (QED) is 0.499. The maximum Gasteiger partial charge on any atom is 0.143 e.